The van der Waals surface area contributed by atoms with Crippen LogP contribution in [0.4, 0.5) is 24.5 Å². The molecule has 0 atom stereocenters. The lowest BCUT2D eigenvalue weighted by molar-refractivity contribution is -0.137. The first kappa shape index (κ1) is 17.8. The second-order valence-electron chi connectivity index (χ2n) is 5.90. The number of aryl methyl sites for hydroxylation is 2. The molecule has 2 aromatic rings. The van der Waals surface area contributed by atoms with Gasteiger partial charge in [0.2, 0.25) is 0 Å². The summed E-state index contributed by atoms with van der Waals surface area (Å²) in [4.78, 5) is 14.2. The van der Waals surface area contributed by atoms with E-state index < -0.39 is 17.6 Å². The van der Waals surface area contributed by atoms with E-state index in [-0.39, 0.29) is 5.69 Å². The number of nitrogens with one attached hydrogen (secondary N) is 1. The van der Waals surface area contributed by atoms with Gasteiger partial charge in [0.25, 0.3) is 5.91 Å². The van der Waals surface area contributed by atoms with Crippen molar-refractivity contribution in [1.82, 2.24) is 0 Å². The number of rotatable bonds is 3. The number of hydrogen-bond acceptors (Lipinski definition) is 2. The molecule has 0 bridgehead atoms. The van der Waals surface area contributed by atoms with Crippen molar-refractivity contribution in [3.63, 3.8) is 0 Å². The zero-order valence-electron chi connectivity index (χ0n) is 14.0. The van der Waals surface area contributed by atoms with Gasteiger partial charge in [0.05, 0.1) is 16.9 Å². The monoisotopic (exact) mass is 336 g/mol. The summed E-state index contributed by atoms with van der Waals surface area (Å²) >= 11 is 0. The molecule has 0 fully saturated rings. The van der Waals surface area contributed by atoms with E-state index >= 15 is 0 Å². The molecular weight excluding hydrogens is 317 g/mol. The van der Waals surface area contributed by atoms with Crippen molar-refractivity contribution in [3.05, 3.63) is 58.7 Å². The molecule has 2 rings (SSSR count). The first-order valence-electron chi connectivity index (χ1n) is 7.37. The fourth-order valence-electron chi connectivity index (χ4n) is 2.37. The van der Waals surface area contributed by atoms with Gasteiger partial charge < -0.3 is 10.2 Å². The minimum atomic E-state index is -4.47. The number of amides is 1. The maximum absolute atomic E-state index is 13.0. The molecule has 0 radical (unpaired) electrons. The van der Waals surface area contributed by atoms with Gasteiger partial charge in [0.1, 0.15) is 0 Å². The van der Waals surface area contributed by atoms with E-state index in [1.807, 2.05) is 19.1 Å². The number of anilines is 2. The predicted molar refractivity (Wildman–Crippen MR) is 89.6 cm³/mol. The molecule has 0 heterocycles. The van der Waals surface area contributed by atoms with E-state index in [9.17, 15) is 18.0 Å². The van der Waals surface area contributed by atoms with Crippen molar-refractivity contribution in [3.8, 4) is 0 Å². The second kappa shape index (κ2) is 6.55. The maximum atomic E-state index is 13.0. The van der Waals surface area contributed by atoms with Gasteiger partial charge >= 0.3 is 6.18 Å². The maximum Gasteiger partial charge on any atom is 0.416 e. The highest BCUT2D eigenvalue weighted by atomic mass is 19.4. The Kier molecular flexibility index (Phi) is 4.87. The molecule has 1 amide bonds. The molecule has 0 saturated heterocycles. The fourth-order valence-corrected chi connectivity index (χ4v) is 2.37. The van der Waals surface area contributed by atoms with Crippen LogP contribution in [0, 0.1) is 13.8 Å². The summed E-state index contributed by atoms with van der Waals surface area (Å²) in [5.74, 6) is -0.432. The molecule has 6 heteroatoms. The molecule has 1 N–H and O–H groups in total. The van der Waals surface area contributed by atoms with Crippen LogP contribution in [0.25, 0.3) is 0 Å². The molecule has 2 aromatic carbocycles. The van der Waals surface area contributed by atoms with Gasteiger partial charge in [-0.2, -0.15) is 13.2 Å². The summed E-state index contributed by atoms with van der Waals surface area (Å²) in [6.07, 6.45) is -4.47. The number of hydrogen-bond donors (Lipinski definition) is 1. The van der Waals surface area contributed by atoms with Crippen LogP contribution < -0.4 is 10.2 Å². The number of halogens is 3. The van der Waals surface area contributed by atoms with E-state index in [1.165, 1.54) is 6.07 Å². The largest absolute Gasteiger partial charge is 0.416 e. The van der Waals surface area contributed by atoms with E-state index in [1.54, 1.807) is 32.0 Å². The quantitative estimate of drug-likeness (QED) is 0.885. The Morgan fingerprint density at radius 1 is 1.04 bits per heavy atom. The standard InChI is InChI=1S/C18H19F3N2O/c1-11-5-6-12(2)14(9-11)17(24)22-15-10-13(18(19,20)21)7-8-16(15)23(3)4/h5-10H,1-4H3,(H,22,24). The van der Waals surface area contributed by atoms with Crippen LogP contribution in [0.5, 0.6) is 0 Å². The minimum absolute atomic E-state index is 0.126. The number of carbonyl (C=O) groups is 1. The first-order chi connectivity index (χ1) is 11.1. The summed E-state index contributed by atoms with van der Waals surface area (Å²) in [5, 5.41) is 2.61. The van der Waals surface area contributed by atoms with Crippen LogP contribution in [0.15, 0.2) is 36.4 Å². The number of carbonyl (C=O) groups excluding carboxylic acids is 1. The molecule has 128 valence electrons. The van der Waals surface area contributed by atoms with Crippen molar-refractivity contribution < 1.29 is 18.0 Å². The SMILES string of the molecule is Cc1ccc(C)c(C(=O)Nc2cc(C(F)(F)F)ccc2N(C)C)c1. The van der Waals surface area contributed by atoms with Crippen LogP contribution >= 0.6 is 0 Å². The second-order valence-corrected chi connectivity index (χ2v) is 5.90. The lowest BCUT2D eigenvalue weighted by Gasteiger charge is -2.20. The van der Waals surface area contributed by atoms with E-state index in [4.69, 9.17) is 0 Å². The number of alkyl halides is 3. The third kappa shape index (κ3) is 3.88. The van der Waals surface area contributed by atoms with Gasteiger partial charge in [-0.15, -0.1) is 0 Å². The molecular formula is C18H19F3N2O. The average Bonchev–Trinajstić information content (AvgIpc) is 2.48. The van der Waals surface area contributed by atoms with Crippen LogP contribution in [-0.4, -0.2) is 20.0 Å². The molecule has 24 heavy (non-hydrogen) atoms. The Morgan fingerprint density at radius 2 is 1.71 bits per heavy atom. The topological polar surface area (TPSA) is 32.3 Å². The summed E-state index contributed by atoms with van der Waals surface area (Å²) in [7, 11) is 3.41. The van der Waals surface area contributed by atoms with Crippen LogP contribution in [0.1, 0.15) is 27.0 Å². The summed E-state index contributed by atoms with van der Waals surface area (Å²) in [5.41, 5.74) is 1.93. The van der Waals surface area contributed by atoms with Crippen molar-refractivity contribution >= 4 is 17.3 Å². The minimum Gasteiger partial charge on any atom is -0.376 e. The molecule has 0 aliphatic carbocycles. The van der Waals surface area contributed by atoms with Gasteiger partial charge in [-0.3, -0.25) is 4.79 Å². The molecule has 0 aliphatic heterocycles. The highest BCUT2D eigenvalue weighted by molar-refractivity contribution is 6.07. The summed E-state index contributed by atoms with van der Waals surface area (Å²) in [6, 6.07) is 8.71. The van der Waals surface area contributed by atoms with Gasteiger partial charge in [-0.05, 0) is 43.7 Å². The Hall–Kier alpha value is -2.50. The Labute approximate surface area is 139 Å². The molecule has 3 nitrogen and oxygen atoms in total. The van der Waals surface area contributed by atoms with E-state index in [0.29, 0.717) is 11.3 Å². The zero-order valence-corrected chi connectivity index (χ0v) is 14.0. The third-order valence-corrected chi connectivity index (χ3v) is 3.69. The van der Waals surface area contributed by atoms with Crippen molar-refractivity contribution in [2.75, 3.05) is 24.3 Å². The predicted octanol–water partition coefficient (Wildman–Crippen LogP) is 4.64. The number of nitrogens with zero attached hydrogens (tertiary/aromatic N) is 1. The van der Waals surface area contributed by atoms with Gasteiger partial charge in [0, 0.05) is 19.7 Å². The van der Waals surface area contributed by atoms with Crippen LogP contribution in [0.2, 0.25) is 0 Å². The van der Waals surface area contributed by atoms with Crippen molar-refractivity contribution in [2.45, 2.75) is 20.0 Å². The van der Waals surface area contributed by atoms with Gasteiger partial charge in [-0.25, -0.2) is 0 Å². The van der Waals surface area contributed by atoms with Crippen molar-refractivity contribution in [1.29, 1.82) is 0 Å². The highest BCUT2D eigenvalue weighted by Gasteiger charge is 2.31. The first-order valence-corrected chi connectivity index (χ1v) is 7.37. The molecule has 0 unspecified atom stereocenters. The van der Waals surface area contributed by atoms with Crippen LogP contribution in [0.3, 0.4) is 0 Å². The third-order valence-electron chi connectivity index (χ3n) is 3.69. The van der Waals surface area contributed by atoms with Gasteiger partial charge in [0.15, 0.2) is 0 Å². The Bertz CT molecular complexity index is 767. The normalized spacial score (nSPS) is 11.3. The highest BCUT2D eigenvalue weighted by Crippen LogP contribution is 2.35. The summed E-state index contributed by atoms with van der Waals surface area (Å²) < 4.78 is 38.9. The fraction of sp³-hybridized carbons (Fsp3) is 0.278. The molecule has 0 saturated carbocycles. The van der Waals surface area contributed by atoms with Crippen LogP contribution in [-0.2, 0) is 6.18 Å². The smallest absolute Gasteiger partial charge is 0.376 e. The van der Waals surface area contributed by atoms with Crippen molar-refractivity contribution in [2.24, 2.45) is 0 Å². The summed E-state index contributed by atoms with van der Waals surface area (Å²) in [6.45, 7) is 3.64. The van der Waals surface area contributed by atoms with E-state index in [0.717, 1.165) is 23.3 Å². The average molecular weight is 336 g/mol. The molecule has 0 aromatic heterocycles. The lowest BCUT2D eigenvalue weighted by Crippen LogP contribution is -2.18. The number of benzene rings is 2. The molecule has 0 spiro atoms. The zero-order chi connectivity index (χ0) is 18.1. The molecule has 0 aliphatic rings. The van der Waals surface area contributed by atoms with E-state index in [2.05, 4.69) is 5.32 Å². The lowest BCUT2D eigenvalue weighted by atomic mass is 10.0. The Balaban J connectivity index is 2.43. The Morgan fingerprint density at radius 3 is 2.29 bits per heavy atom. The van der Waals surface area contributed by atoms with Gasteiger partial charge in [-0.1, -0.05) is 17.7 Å².